The summed E-state index contributed by atoms with van der Waals surface area (Å²) in [7, 11) is 0. The van der Waals surface area contributed by atoms with E-state index < -0.39 is 6.04 Å². The molecule has 3 aromatic carbocycles. The highest BCUT2D eigenvalue weighted by molar-refractivity contribution is 6.32. The van der Waals surface area contributed by atoms with E-state index >= 15 is 0 Å². The summed E-state index contributed by atoms with van der Waals surface area (Å²) in [5, 5.41) is 0.860. The van der Waals surface area contributed by atoms with Crippen LogP contribution in [0.2, 0.25) is 5.02 Å². The molecule has 0 N–H and O–H groups in total. The molecule has 4 aromatic rings. The summed E-state index contributed by atoms with van der Waals surface area (Å²) in [5.74, 6) is 0.548. The molecule has 0 bridgehead atoms. The second-order valence-electron chi connectivity index (χ2n) is 8.86. The van der Waals surface area contributed by atoms with Gasteiger partial charge in [-0.3, -0.25) is 9.59 Å². The zero-order chi connectivity index (χ0) is 24.5. The topological polar surface area (TPSA) is 59.8 Å². The van der Waals surface area contributed by atoms with E-state index in [0.29, 0.717) is 34.7 Å². The molecule has 1 aromatic heterocycles. The van der Waals surface area contributed by atoms with Crippen molar-refractivity contribution in [2.75, 3.05) is 6.61 Å². The maximum atomic E-state index is 13.7. The van der Waals surface area contributed by atoms with Gasteiger partial charge in [-0.25, -0.2) is 0 Å². The van der Waals surface area contributed by atoms with E-state index in [4.69, 9.17) is 20.8 Å². The number of rotatable bonds is 7. The van der Waals surface area contributed by atoms with E-state index in [9.17, 15) is 9.59 Å². The van der Waals surface area contributed by atoms with E-state index in [1.165, 1.54) is 0 Å². The Morgan fingerprint density at radius 1 is 1.03 bits per heavy atom. The van der Waals surface area contributed by atoms with Crippen molar-refractivity contribution in [3.63, 3.8) is 0 Å². The Morgan fingerprint density at radius 2 is 1.77 bits per heavy atom. The van der Waals surface area contributed by atoms with Crippen LogP contribution in [-0.4, -0.2) is 17.4 Å². The number of aryl methyl sites for hydroxylation is 1. The van der Waals surface area contributed by atoms with Crippen LogP contribution < -0.4 is 10.2 Å². The first-order chi connectivity index (χ1) is 17.0. The number of benzene rings is 3. The van der Waals surface area contributed by atoms with Gasteiger partial charge in [0.1, 0.15) is 11.3 Å². The van der Waals surface area contributed by atoms with Crippen LogP contribution in [0.5, 0.6) is 5.75 Å². The van der Waals surface area contributed by atoms with Crippen LogP contribution in [0.15, 0.2) is 75.9 Å². The van der Waals surface area contributed by atoms with Gasteiger partial charge in [-0.15, -0.1) is 0 Å². The lowest BCUT2D eigenvalue weighted by atomic mass is 9.98. The highest BCUT2D eigenvalue weighted by Gasteiger charge is 2.42. The van der Waals surface area contributed by atoms with Crippen molar-refractivity contribution >= 4 is 28.5 Å². The number of hydrogen-bond donors (Lipinski definition) is 0. The molecule has 1 amide bonds. The molecule has 0 aliphatic carbocycles. The summed E-state index contributed by atoms with van der Waals surface area (Å²) >= 11 is 6.33. The van der Waals surface area contributed by atoms with Gasteiger partial charge in [0.2, 0.25) is 5.76 Å². The number of fused-ring (bicyclic) bond motifs is 2. The minimum Gasteiger partial charge on any atom is -0.494 e. The van der Waals surface area contributed by atoms with Crippen LogP contribution in [0, 0.1) is 6.92 Å². The van der Waals surface area contributed by atoms with Crippen LogP contribution in [0.3, 0.4) is 0 Å². The zero-order valence-corrected chi connectivity index (χ0v) is 20.5. The molecule has 1 unspecified atom stereocenters. The minimum atomic E-state index is -0.580. The predicted octanol–water partition coefficient (Wildman–Crippen LogP) is 6.68. The maximum Gasteiger partial charge on any atom is 0.291 e. The van der Waals surface area contributed by atoms with Gasteiger partial charge in [-0.2, -0.15) is 0 Å². The van der Waals surface area contributed by atoms with Gasteiger partial charge in [-0.05, 0) is 54.3 Å². The first-order valence-corrected chi connectivity index (χ1v) is 12.2. The minimum absolute atomic E-state index is 0.0911. The van der Waals surface area contributed by atoms with Gasteiger partial charge in [0.25, 0.3) is 5.91 Å². The number of nitrogens with zero attached hydrogens (tertiary/aromatic N) is 1. The van der Waals surface area contributed by atoms with Crippen LogP contribution in [0.25, 0.3) is 11.0 Å². The second kappa shape index (κ2) is 9.59. The summed E-state index contributed by atoms with van der Waals surface area (Å²) in [6, 6.07) is 20.1. The fourth-order valence-electron chi connectivity index (χ4n) is 4.51. The molecular formula is C29H26ClNO4. The summed E-state index contributed by atoms with van der Waals surface area (Å²) in [5.41, 5.74) is 3.04. The van der Waals surface area contributed by atoms with E-state index in [0.717, 1.165) is 35.3 Å². The Balaban J connectivity index is 1.63. The molecule has 1 aliphatic rings. The monoisotopic (exact) mass is 487 g/mol. The van der Waals surface area contributed by atoms with E-state index in [-0.39, 0.29) is 17.1 Å². The quantitative estimate of drug-likeness (QED) is 0.273. The van der Waals surface area contributed by atoms with Crippen LogP contribution >= 0.6 is 11.6 Å². The lowest BCUT2D eigenvalue weighted by molar-refractivity contribution is 0.0714. The largest absolute Gasteiger partial charge is 0.494 e. The maximum absolute atomic E-state index is 13.7. The molecule has 0 fully saturated rings. The molecule has 5 rings (SSSR count). The number of hydrogen-bond acceptors (Lipinski definition) is 4. The van der Waals surface area contributed by atoms with Crippen molar-refractivity contribution < 1.29 is 13.9 Å². The van der Waals surface area contributed by atoms with Crippen LogP contribution in [0.1, 0.15) is 58.6 Å². The molecule has 0 saturated heterocycles. The fourth-order valence-corrected chi connectivity index (χ4v) is 4.67. The summed E-state index contributed by atoms with van der Waals surface area (Å²) in [6.07, 6.45) is 2.04. The smallest absolute Gasteiger partial charge is 0.291 e. The number of carbonyl (C=O) groups excluding carboxylic acids is 1. The lowest BCUT2D eigenvalue weighted by Gasteiger charge is -2.25. The summed E-state index contributed by atoms with van der Waals surface area (Å²) < 4.78 is 11.9. The molecule has 0 spiro atoms. The van der Waals surface area contributed by atoms with Gasteiger partial charge in [0.15, 0.2) is 5.43 Å². The zero-order valence-electron chi connectivity index (χ0n) is 19.7. The lowest BCUT2D eigenvalue weighted by Crippen LogP contribution is -2.29. The van der Waals surface area contributed by atoms with Crippen molar-refractivity contribution in [2.24, 2.45) is 0 Å². The van der Waals surface area contributed by atoms with Gasteiger partial charge in [0.05, 0.1) is 23.6 Å². The third kappa shape index (κ3) is 4.32. The summed E-state index contributed by atoms with van der Waals surface area (Å²) in [6.45, 7) is 4.95. The molecule has 5 nitrogen and oxygen atoms in total. The molecule has 2 heterocycles. The third-order valence-corrected chi connectivity index (χ3v) is 6.81. The van der Waals surface area contributed by atoms with Gasteiger partial charge < -0.3 is 14.1 Å². The molecule has 1 atom stereocenters. The van der Waals surface area contributed by atoms with Crippen molar-refractivity contribution in [2.45, 2.75) is 39.3 Å². The molecule has 6 heteroatoms. The molecule has 1 aliphatic heterocycles. The van der Waals surface area contributed by atoms with Crippen LogP contribution in [0.4, 0.5) is 0 Å². The number of carbonyl (C=O) groups is 1. The summed E-state index contributed by atoms with van der Waals surface area (Å²) in [4.78, 5) is 29.0. The Kier molecular flexibility index (Phi) is 6.35. The highest BCUT2D eigenvalue weighted by Crippen LogP contribution is 2.40. The van der Waals surface area contributed by atoms with E-state index in [1.54, 1.807) is 17.0 Å². The Hall–Kier alpha value is -3.57. The number of unbranched alkanes of at least 4 members (excludes halogenated alkanes) is 1. The van der Waals surface area contributed by atoms with Crippen molar-refractivity contribution in [1.29, 1.82) is 0 Å². The number of halogens is 1. The van der Waals surface area contributed by atoms with Crippen molar-refractivity contribution in [3.8, 4) is 5.75 Å². The standard InChI is InChI=1S/C29H26ClNO4/c1-3-4-14-34-21-12-10-20(11-13-21)26-25-27(32)22-16-23(30)18(2)15-24(22)35-28(25)29(33)31(26)17-19-8-6-5-7-9-19/h5-13,15-16,26H,3-4,14,17H2,1-2H3. The van der Waals surface area contributed by atoms with Gasteiger partial charge in [0, 0.05) is 11.6 Å². The average molecular weight is 488 g/mol. The predicted molar refractivity (Wildman–Crippen MR) is 137 cm³/mol. The van der Waals surface area contributed by atoms with Crippen molar-refractivity contribution in [3.05, 3.63) is 110 Å². The Morgan fingerprint density at radius 3 is 2.49 bits per heavy atom. The molecule has 35 heavy (non-hydrogen) atoms. The second-order valence-corrected chi connectivity index (χ2v) is 9.27. The highest BCUT2D eigenvalue weighted by atomic mass is 35.5. The van der Waals surface area contributed by atoms with Gasteiger partial charge in [-0.1, -0.05) is 67.4 Å². The molecular weight excluding hydrogens is 462 g/mol. The molecule has 0 saturated carbocycles. The van der Waals surface area contributed by atoms with E-state index in [2.05, 4.69) is 6.92 Å². The van der Waals surface area contributed by atoms with Crippen LogP contribution in [-0.2, 0) is 6.54 Å². The number of ether oxygens (including phenoxy) is 1. The SMILES string of the molecule is CCCCOc1ccc(C2c3c(oc4cc(C)c(Cl)cc4c3=O)C(=O)N2Cc2ccccc2)cc1. The first kappa shape index (κ1) is 23.2. The fraction of sp³-hybridized carbons (Fsp3) is 0.241. The molecule has 178 valence electrons. The first-order valence-electron chi connectivity index (χ1n) is 11.8. The normalized spacial score (nSPS) is 15.0. The third-order valence-electron chi connectivity index (χ3n) is 6.41. The molecule has 0 radical (unpaired) electrons. The Labute approximate surface area is 208 Å². The average Bonchev–Trinajstić information content (AvgIpc) is 3.13. The Bertz CT molecular complexity index is 1440. The van der Waals surface area contributed by atoms with Crippen molar-refractivity contribution in [1.82, 2.24) is 4.90 Å². The number of amides is 1. The van der Waals surface area contributed by atoms with Gasteiger partial charge >= 0.3 is 0 Å². The van der Waals surface area contributed by atoms with E-state index in [1.807, 2.05) is 61.5 Å².